The minimum Gasteiger partial charge on any atom is -0.316 e. The van der Waals surface area contributed by atoms with Crippen LogP contribution in [0, 0.1) is 18.8 Å². The van der Waals surface area contributed by atoms with Crippen LogP contribution in [-0.2, 0) is 17.1 Å². The highest BCUT2D eigenvalue weighted by Gasteiger charge is 2.31. The summed E-state index contributed by atoms with van der Waals surface area (Å²) in [5.41, 5.74) is 1.41. The molecule has 1 aromatic heterocycles. The third-order valence-electron chi connectivity index (χ3n) is 6.38. The molecule has 4 rings (SSSR count). The summed E-state index contributed by atoms with van der Waals surface area (Å²) < 4.78 is 30.9. The minimum absolute atomic E-state index is 0.160. The number of nitrogens with zero attached hydrogens (tertiary/aromatic N) is 3. The van der Waals surface area contributed by atoms with Gasteiger partial charge in [0.1, 0.15) is 5.69 Å². The zero-order valence-corrected chi connectivity index (χ0v) is 20.7. The fourth-order valence-corrected chi connectivity index (χ4v) is 6.31. The molecule has 1 amide bonds. The van der Waals surface area contributed by atoms with Crippen molar-refractivity contribution in [1.29, 1.82) is 0 Å². The average molecular weight is 483 g/mol. The van der Waals surface area contributed by atoms with Crippen LogP contribution in [0.5, 0.6) is 0 Å². The van der Waals surface area contributed by atoms with Crippen LogP contribution >= 0.6 is 0 Å². The summed E-state index contributed by atoms with van der Waals surface area (Å²) in [7, 11) is -1.88. The van der Waals surface area contributed by atoms with E-state index in [-0.39, 0.29) is 21.7 Å². The van der Waals surface area contributed by atoms with E-state index in [1.54, 1.807) is 18.7 Å². The molecule has 0 radical (unpaired) electrons. The molecular formula is C25H30N4O4S. The number of anilines is 1. The van der Waals surface area contributed by atoms with Crippen molar-refractivity contribution >= 4 is 21.6 Å². The lowest BCUT2D eigenvalue weighted by Gasteiger charge is -2.34. The molecule has 1 fully saturated rings. The number of carbonyl (C=O) groups excluding carboxylic acids is 1. The number of piperidine rings is 1. The summed E-state index contributed by atoms with van der Waals surface area (Å²) in [6, 6.07) is 15.0. The standard InChI is InChI=1S/C25H30N4O4S/c1-17-14-18(2)16-28(15-17)34(32,33)22-12-10-20(11-13-22)24(30)26-23-19(3)27(4)29(25(23)31)21-8-6-5-7-9-21/h5-13,17-18H,14-16H2,1-4H3,(H,26,30)/t17-,18+. The molecule has 180 valence electrons. The Labute approximate surface area is 199 Å². The van der Waals surface area contributed by atoms with Gasteiger partial charge in [0.15, 0.2) is 0 Å². The van der Waals surface area contributed by atoms with E-state index >= 15 is 0 Å². The van der Waals surface area contributed by atoms with Crippen molar-refractivity contribution < 1.29 is 13.2 Å². The maximum Gasteiger partial charge on any atom is 0.295 e. The maximum absolute atomic E-state index is 13.1. The fraction of sp³-hybridized carbons (Fsp3) is 0.360. The van der Waals surface area contributed by atoms with Gasteiger partial charge in [-0.15, -0.1) is 0 Å². The van der Waals surface area contributed by atoms with Crippen molar-refractivity contribution in [2.45, 2.75) is 32.1 Å². The Morgan fingerprint density at radius 1 is 0.971 bits per heavy atom. The molecule has 0 aliphatic carbocycles. The molecule has 0 spiro atoms. The normalized spacial score (nSPS) is 19.2. The number of benzene rings is 2. The smallest absolute Gasteiger partial charge is 0.295 e. The first-order valence-corrected chi connectivity index (χ1v) is 12.8. The number of aromatic nitrogens is 2. The van der Waals surface area contributed by atoms with E-state index in [4.69, 9.17) is 0 Å². The van der Waals surface area contributed by atoms with Gasteiger partial charge in [-0.3, -0.25) is 14.3 Å². The van der Waals surface area contributed by atoms with E-state index in [1.165, 1.54) is 33.3 Å². The molecule has 3 aromatic rings. The Kier molecular flexibility index (Phi) is 6.51. The van der Waals surface area contributed by atoms with Crippen molar-refractivity contribution in [3.63, 3.8) is 0 Å². The van der Waals surface area contributed by atoms with E-state index in [9.17, 15) is 18.0 Å². The first-order chi connectivity index (χ1) is 16.1. The average Bonchev–Trinajstić information content (AvgIpc) is 3.02. The topological polar surface area (TPSA) is 93.4 Å². The molecule has 1 aliphatic heterocycles. The summed E-state index contributed by atoms with van der Waals surface area (Å²) >= 11 is 0. The molecule has 8 nitrogen and oxygen atoms in total. The van der Waals surface area contributed by atoms with Crippen molar-refractivity contribution in [2.24, 2.45) is 18.9 Å². The molecule has 1 saturated heterocycles. The van der Waals surface area contributed by atoms with Crippen molar-refractivity contribution in [1.82, 2.24) is 13.7 Å². The van der Waals surface area contributed by atoms with Crippen LogP contribution in [0.15, 0.2) is 64.3 Å². The number of amides is 1. The summed E-state index contributed by atoms with van der Waals surface area (Å²) in [5.74, 6) is 0.130. The number of para-hydroxylation sites is 1. The molecular weight excluding hydrogens is 452 g/mol. The first-order valence-electron chi connectivity index (χ1n) is 11.3. The quantitative estimate of drug-likeness (QED) is 0.603. The molecule has 0 unspecified atom stereocenters. The number of rotatable bonds is 5. The number of sulfonamides is 1. The Morgan fingerprint density at radius 2 is 1.56 bits per heavy atom. The fourth-order valence-electron chi connectivity index (χ4n) is 4.63. The minimum atomic E-state index is -3.63. The van der Waals surface area contributed by atoms with Crippen LogP contribution in [0.25, 0.3) is 5.69 Å². The highest BCUT2D eigenvalue weighted by molar-refractivity contribution is 7.89. The zero-order chi connectivity index (χ0) is 24.6. The largest absolute Gasteiger partial charge is 0.316 e. The Bertz CT molecular complexity index is 1350. The predicted molar refractivity (Wildman–Crippen MR) is 132 cm³/mol. The van der Waals surface area contributed by atoms with Gasteiger partial charge in [0, 0.05) is 25.7 Å². The number of hydrogen-bond acceptors (Lipinski definition) is 4. The van der Waals surface area contributed by atoms with Gasteiger partial charge in [0.25, 0.3) is 11.5 Å². The van der Waals surface area contributed by atoms with Gasteiger partial charge in [0.2, 0.25) is 10.0 Å². The molecule has 1 N–H and O–H groups in total. The van der Waals surface area contributed by atoms with Crippen LogP contribution < -0.4 is 10.9 Å². The van der Waals surface area contributed by atoms with Crippen molar-refractivity contribution in [3.8, 4) is 5.69 Å². The third-order valence-corrected chi connectivity index (χ3v) is 8.23. The van der Waals surface area contributed by atoms with Gasteiger partial charge in [-0.1, -0.05) is 32.0 Å². The van der Waals surface area contributed by atoms with E-state index in [0.717, 1.165) is 6.42 Å². The molecule has 0 saturated carbocycles. The first kappa shape index (κ1) is 24.0. The lowest BCUT2D eigenvalue weighted by Crippen LogP contribution is -2.42. The molecule has 2 aromatic carbocycles. The second-order valence-corrected chi connectivity index (χ2v) is 11.1. The van der Waals surface area contributed by atoms with E-state index in [2.05, 4.69) is 19.2 Å². The molecule has 0 bridgehead atoms. The lowest BCUT2D eigenvalue weighted by molar-refractivity contribution is 0.102. The van der Waals surface area contributed by atoms with Gasteiger partial charge < -0.3 is 5.32 Å². The van der Waals surface area contributed by atoms with Crippen LogP contribution in [0.1, 0.15) is 36.3 Å². The molecule has 34 heavy (non-hydrogen) atoms. The van der Waals surface area contributed by atoms with Gasteiger partial charge in [-0.2, -0.15) is 4.31 Å². The van der Waals surface area contributed by atoms with E-state index in [0.29, 0.717) is 36.3 Å². The third kappa shape index (κ3) is 4.45. The van der Waals surface area contributed by atoms with Crippen molar-refractivity contribution in [3.05, 3.63) is 76.2 Å². The van der Waals surface area contributed by atoms with Gasteiger partial charge in [-0.05, 0) is 61.6 Å². The molecule has 9 heteroatoms. The number of nitrogens with one attached hydrogen (secondary N) is 1. The second kappa shape index (κ2) is 9.23. The maximum atomic E-state index is 13.1. The van der Waals surface area contributed by atoms with E-state index < -0.39 is 15.9 Å². The number of hydrogen-bond donors (Lipinski definition) is 1. The van der Waals surface area contributed by atoms with Crippen LogP contribution in [0.3, 0.4) is 0 Å². The van der Waals surface area contributed by atoms with Gasteiger partial charge >= 0.3 is 0 Å². The Balaban J connectivity index is 1.56. The lowest BCUT2D eigenvalue weighted by atomic mass is 9.94. The van der Waals surface area contributed by atoms with Crippen LogP contribution in [0.2, 0.25) is 0 Å². The highest BCUT2D eigenvalue weighted by Crippen LogP contribution is 2.27. The van der Waals surface area contributed by atoms with Gasteiger partial charge in [-0.25, -0.2) is 13.1 Å². The zero-order valence-electron chi connectivity index (χ0n) is 19.9. The monoisotopic (exact) mass is 482 g/mol. The summed E-state index contributed by atoms with van der Waals surface area (Å²) in [6.45, 7) is 6.87. The summed E-state index contributed by atoms with van der Waals surface area (Å²) in [4.78, 5) is 26.1. The van der Waals surface area contributed by atoms with Crippen LogP contribution in [-0.4, -0.2) is 41.1 Å². The molecule has 2 heterocycles. The molecule has 1 aliphatic rings. The molecule has 2 atom stereocenters. The van der Waals surface area contributed by atoms with E-state index in [1.807, 2.05) is 30.3 Å². The van der Waals surface area contributed by atoms with Crippen LogP contribution in [0.4, 0.5) is 5.69 Å². The summed E-state index contributed by atoms with van der Waals surface area (Å²) in [6.07, 6.45) is 1.01. The van der Waals surface area contributed by atoms with Crippen molar-refractivity contribution in [2.75, 3.05) is 18.4 Å². The SMILES string of the molecule is Cc1c(NC(=O)c2ccc(S(=O)(=O)N3C[C@H](C)C[C@H](C)C3)cc2)c(=O)n(-c2ccccc2)n1C. The predicted octanol–water partition coefficient (Wildman–Crippen LogP) is 3.40. The number of carbonyl (C=O) groups is 1. The highest BCUT2D eigenvalue weighted by atomic mass is 32.2. The second-order valence-electron chi connectivity index (χ2n) is 9.18. The summed E-state index contributed by atoms with van der Waals surface area (Å²) in [5, 5.41) is 2.71. The Hall–Kier alpha value is -3.17. The van der Waals surface area contributed by atoms with Gasteiger partial charge in [0.05, 0.1) is 16.3 Å². The Morgan fingerprint density at radius 3 is 2.15 bits per heavy atom.